The van der Waals surface area contributed by atoms with Crippen LogP contribution in [0.4, 0.5) is 0 Å². The summed E-state index contributed by atoms with van der Waals surface area (Å²) in [5.74, 6) is -0.438. The van der Waals surface area contributed by atoms with E-state index in [9.17, 15) is 4.79 Å². The van der Waals surface area contributed by atoms with E-state index in [1.165, 1.54) is 11.3 Å². The first-order valence-corrected chi connectivity index (χ1v) is 6.04. The predicted octanol–water partition coefficient (Wildman–Crippen LogP) is -0.203. The molecule has 5 nitrogen and oxygen atoms in total. The van der Waals surface area contributed by atoms with Crippen molar-refractivity contribution in [1.82, 2.24) is 0 Å². The summed E-state index contributed by atoms with van der Waals surface area (Å²) in [5.41, 5.74) is -1.16. The molecule has 96 valence electrons. The first kappa shape index (κ1) is 14.1. The molecule has 0 aromatic carbocycles. The predicted molar refractivity (Wildman–Crippen MR) is 62.7 cm³/mol. The Morgan fingerprint density at radius 3 is 2.41 bits per heavy atom. The third-order valence-corrected chi connectivity index (χ3v) is 3.32. The summed E-state index contributed by atoms with van der Waals surface area (Å²) in [7, 11) is 0. The molecule has 0 aliphatic carbocycles. The van der Waals surface area contributed by atoms with Gasteiger partial charge in [0, 0.05) is 4.88 Å². The van der Waals surface area contributed by atoms with Gasteiger partial charge in [0.1, 0.15) is 6.61 Å². The molecule has 0 atom stereocenters. The van der Waals surface area contributed by atoms with E-state index in [4.69, 9.17) is 20.1 Å². The molecule has 1 heterocycles. The number of carbonyl (C=O) groups excluding carboxylic acids is 1. The summed E-state index contributed by atoms with van der Waals surface area (Å²) in [4.78, 5) is 12.3. The minimum absolute atomic E-state index is 0.163. The Labute approximate surface area is 103 Å². The van der Waals surface area contributed by atoms with Crippen LogP contribution in [0.15, 0.2) is 17.5 Å². The number of ether oxygens (including phenoxy) is 1. The molecule has 0 radical (unpaired) electrons. The van der Waals surface area contributed by atoms with Crippen molar-refractivity contribution in [3.05, 3.63) is 22.4 Å². The first-order valence-electron chi connectivity index (χ1n) is 5.16. The highest BCUT2D eigenvalue weighted by atomic mass is 32.1. The topological polar surface area (TPSA) is 87.0 Å². The van der Waals surface area contributed by atoms with Crippen LogP contribution in [0.5, 0.6) is 0 Å². The average molecular weight is 260 g/mol. The number of thiophene rings is 1. The maximum Gasteiger partial charge on any atom is 0.311 e. The molecule has 6 heteroatoms. The summed E-state index contributed by atoms with van der Waals surface area (Å²) in [6.07, 6.45) is 0.163. The van der Waals surface area contributed by atoms with Crippen molar-refractivity contribution in [1.29, 1.82) is 0 Å². The van der Waals surface area contributed by atoms with E-state index < -0.39 is 31.2 Å². The third kappa shape index (κ3) is 4.08. The van der Waals surface area contributed by atoms with Crippen molar-refractivity contribution in [2.75, 3.05) is 26.4 Å². The van der Waals surface area contributed by atoms with Crippen LogP contribution in [0.3, 0.4) is 0 Å². The largest absolute Gasteiger partial charge is 0.465 e. The Bertz CT molecular complexity index is 323. The van der Waals surface area contributed by atoms with Gasteiger partial charge < -0.3 is 20.1 Å². The first-order chi connectivity index (χ1) is 8.15. The molecule has 0 bridgehead atoms. The molecule has 0 saturated carbocycles. The molecule has 1 aromatic heterocycles. The van der Waals surface area contributed by atoms with Crippen LogP contribution in [0.1, 0.15) is 4.88 Å². The highest BCUT2D eigenvalue weighted by Gasteiger charge is 2.30. The second-order valence-corrected chi connectivity index (χ2v) is 4.92. The highest BCUT2D eigenvalue weighted by molar-refractivity contribution is 7.10. The molecule has 0 aliphatic rings. The Kier molecular flexibility index (Phi) is 5.57. The second-order valence-electron chi connectivity index (χ2n) is 3.89. The van der Waals surface area contributed by atoms with Gasteiger partial charge in [-0.15, -0.1) is 11.3 Å². The molecular formula is C11H16O5S. The van der Waals surface area contributed by atoms with E-state index in [0.717, 1.165) is 4.88 Å². The van der Waals surface area contributed by atoms with Crippen molar-refractivity contribution >= 4 is 17.3 Å². The standard InChI is InChI=1S/C11H16O5S/c12-5-11(6-13,7-14)8-16-10(15)4-9-2-1-3-17-9/h1-3,12-14H,4-8H2. The fourth-order valence-corrected chi connectivity index (χ4v) is 1.82. The van der Waals surface area contributed by atoms with Crippen LogP contribution in [-0.4, -0.2) is 47.7 Å². The van der Waals surface area contributed by atoms with Gasteiger partial charge in [0.2, 0.25) is 0 Å². The maximum atomic E-state index is 11.4. The van der Waals surface area contributed by atoms with Gasteiger partial charge >= 0.3 is 5.97 Å². The molecule has 0 saturated heterocycles. The van der Waals surface area contributed by atoms with Crippen molar-refractivity contribution in [2.45, 2.75) is 6.42 Å². The zero-order valence-electron chi connectivity index (χ0n) is 9.33. The van der Waals surface area contributed by atoms with E-state index >= 15 is 0 Å². The van der Waals surface area contributed by atoms with Gasteiger partial charge in [0.25, 0.3) is 0 Å². The fraction of sp³-hybridized carbons (Fsp3) is 0.545. The lowest BCUT2D eigenvalue weighted by molar-refractivity contribution is -0.150. The smallest absolute Gasteiger partial charge is 0.311 e. The van der Waals surface area contributed by atoms with E-state index in [1.54, 1.807) is 0 Å². The number of hydrogen-bond donors (Lipinski definition) is 3. The Morgan fingerprint density at radius 2 is 1.94 bits per heavy atom. The van der Waals surface area contributed by atoms with Crippen molar-refractivity contribution in [3.63, 3.8) is 0 Å². The Morgan fingerprint density at radius 1 is 1.29 bits per heavy atom. The van der Waals surface area contributed by atoms with Gasteiger partial charge in [-0.05, 0) is 11.4 Å². The van der Waals surface area contributed by atoms with Crippen LogP contribution >= 0.6 is 11.3 Å². The van der Waals surface area contributed by atoms with Gasteiger partial charge in [0.15, 0.2) is 0 Å². The quantitative estimate of drug-likeness (QED) is 0.591. The van der Waals surface area contributed by atoms with E-state index in [2.05, 4.69) is 0 Å². The summed E-state index contributed by atoms with van der Waals surface area (Å²) in [5, 5.41) is 29.0. The van der Waals surface area contributed by atoms with E-state index in [1.807, 2.05) is 17.5 Å². The van der Waals surface area contributed by atoms with Crippen LogP contribution < -0.4 is 0 Å². The summed E-state index contributed by atoms with van der Waals surface area (Å²) in [6, 6.07) is 3.66. The Balaban J connectivity index is 2.41. The molecule has 0 aliphatic heterocycles. The average Bonchev–Trinajstić information content (AvgIpc) is 2.84. The molecule has 3 N–H and O–H groups in total. The highest BCUT2D eigenvalue weighted by Crippen LogP contribution is 2.16. The van der Waals surface area contributed by atoms with Gasteiger partial charge in [-0.3, -0.25) is 4.79 Å². The lowest BCUT2D eigenvalue weighted by Crippen LogP contribution is -2.39. The monoisotopic (exact) mass is 260 g/mol. The molecular weight excluding hydrogens is 244 g/mol. The normalized spacial score (nSPS) is 11.5. The molecule has 0 amide bonds. The molecule has 0 spiro atoms. The van der Waals surface area contributed by atoms with Crippen LogP contribution in [0.25, 0.3) is 0 Å². The van der Waals surface area contributed by atoms with Gasteiger partial charge in [-0.2, -0.15) is 0 Å². The van der Waals surface area contributed by atoms with Crippen molar-refractivity contribution in [2.24, 2.45) is 5.41 Å². The number of carbonyl (C=O) groups is 1. The molecule has 0 unspecified atom stereocenters. The molecule has 17 heavy (non-hydrogen) atoms. The van der Waals surface area contributed by atoms with Gasteiger partial charge in [0.05, 0.1) is 31.7 Å². The van der Waals surface area contributed by atoms with Crippen molar-refractivity contribution in [3.8, 4) is 0 Å². The number of hydrogen-bond acceptors (Lipinski definition) is 6. The maximum absolute atomic E-state index is 11.4. The van der Waals surface area contributed by atoms with E-state index in [-0.39, 0.29) is 13.0 Å². The zero-order valence-corrected chi connectivity index (χ0v) is 10.2. The molecule has 0 fully saturated rings. The number of esters is 1. The third-order valence-electron chi connectivity index (χ3n) is 2.44. The lowest BCUT2D eigenvalue weighted by Gasteiger charge is -2.26. The van der Waals surface area contributed by atoms with E-state index in [0.29, 0.717) is 0 Å². The van der Waals surface area contributed by atoms with Crippen LogP contribution in [0, 0.1) is 5.41 Å². The van der Waals surface area contributed by atoms with Crippen LogP contribution in [-0.2, 0) is 16.0 Å². The number of aliphatic hydroxyl groups excluding tert-OH is 3. The lowest BCUT2D eigenvalue weighted by atomic mass is 9.93. The summed E-state index contributed by atoms with van der Waals surface area (Å²) < 4.78 is 4.94. The minimum atomic E-state index is -1.16. The summed E-state index contributed by atoms with van der Waals surface area (Å²) >= 11 is 1.45. The molecule has 1 rings (SSSR count). The van der Waals surface area contributed by atoms with Gasteiger partial charge in [-0.25, -0.2) is 0 Å². The Hall–Kier alpha value is -0.950. The minimum Gasteiger partial charge on any atom is -0.465 e. The van der Waals surface area contributed by atoms with Crippen molar-refractivity contribution < 1.29 is 24.9 Å². The zero-order chi connectivity index (χ0) is 12.7. The van der Waals surface area contributed by atoms with Crippen LogP contribution in [0.2, 0.25) is 0 Å². The number of aliphatic hydroxyl groups is 3. The SMILES string of the molecule is O=C(Cc1cccs1)OCC(CO)(CO)CO. The number of rotatable bonds is 7. The fourth-order valence-electron chi connectivity index (χ4n) is 1.13. The second kappa shape index (κ2) is 6.70. The molecule has 1 aromatic rings. The van der Waals surface area contributed by atoms with Gasteiger partial charge in [-0.1, -0.05) is 6.07 Å². The summed E-state index contributed by atoms with van der Waals surface area (Å²) in [6.45, 7) is -1.51.